The van der Waals surface area contributed by atoms with Crippen LogP contribution in [0.25, 0.3) is 0 Å². The second-order valence-corrected chi connectivity index (χ2v) is 5.15. The van der Waals surface area contributed by atoms with Crippen molar-refractivity contribution in [3.05, 3.63) is 57.6 Å². The van der Waals surface area contributed by atoms with Gasteiger partial charge in [-0.25, -0.2) is 8.78 Å². The third-order valence-electron chi connectivity index (χ3n) is 2.71. The maximum Gasteiger partial charge on any atom is 0.257 e. The molecule has 6 heteroatoms. The number of halogens is 3. The Labute approximate surface area is 122 Å². The van der Waals surface area contributed by atoms with Crippen molar-refractivity contribution in [3.8, 4) is 0 Å². The Bertz CT molecular complexity index is 689. The highest BCUT2D eigenvalue weighted by Gasteiger charge is 2.14. The van der Waals surface area contributed by atoms with Gasteiger partial charge in [0.05, 0.1) is 15.7 Å². The number of nitrogen functional groups attached to an aromatic ring is 1. The molecule has 0 bridgehead atoms. The van der Waals surface area contributed by atoms with Crippen LogP contribution in [0, 0.1) is 18.6 Å². The molecule has 0 aliphatic carbocycles. The van der Waals surface area contributed by atoms with Gasteiger partial charge in [0.15, 0.2) is 0 Å². The average Bonchev–Trinajstić information content (AvgIpc) is 2.35. The van der Waals surface area contributed by atoms with Gasteiger partial charge in [0.2, 0.25) is 0 Å². The molecule has 3 N–H and O–H groups in total. The van der Waals surface area contributed by atoms with Gasteiger partial charge in [0.25, 0.3) is 5.91 Å². The van der Waals surface area contributed by atoms with E-state index in [0.717, 1.165) is 11.6 Å². The molecule has 1 amide bonds. The first kappa shape index (κ1) is 14.5. The number of anilines is 2. The van der Waals surface area contributed by atoms with Gasteiger partial charge in [-0.05, 0) is 46.6 Å². The number of rotatable bonds is 2. The van der Waals surface area contributed by atoms with Crippen molar-refractivity contribution in [2.24, 2.45) is 0 Å². The molecular weight excluding hydrogens is 330 g/mol. The molecule has 2 rings (SSSR count). The normalized spacial score (nSPS) is 10.4. The SMILES string of the molecule is Cc1ccc(C(=O)Nc2cc(Br)c(F)cc2F)c(N)c1. The second-order valence-electron chi connectivity index (χ2n) is 4.29. The molecule has 0 spiro atoms. The molecule has 0 radical (unpaired) electrons. The van der Waals surface area contributed by atoms with Crippen LogP contribution in [-0.2, 0) is 0 Å². The third-order valence-corrected chi connectivity index (χ3v) is 3.32. The van der Waals surface area contributed by atoms with E-state index in [1.54, 1.807) is 18.2 Å². The van der Waals surface area contributed by atoms with Crippen molar-refractivity contribution >= 4 is 33.2 Å². The van der Waals surface area contributed by atoms with Crippen molar-refractivity contribution in [3.63, 3.8) is 0 Å². The van der Waals surface area contributed by atoms with Crippen LogP contribution in [0.3, 0.4) is 0 Å². The maximum absolute atomic E-state index is 13.6. The van der Waals surface area contributed by atoms with Crippen molar-refractivity contribution in [2.75, 3.05) is 11.1 Å². The second kappa shape index (κ2) is 5.58. The molecule has 0 saturated carbocycles. The summed E-state index contributed by atoms with van der Waals surface area (Å²) in [5, 5.41) is 2.36. The van der Waals surface area contributed by atoms with Crippen LogP contribution in [0.4, 0.5) is 20.2 Å². The van der Waals surface area contributed by atoms with Crippen LogP contribution in [0.2, 0.25) is 0 Å². The predicted octanol–water partition coefficient (Wildman–Crippen LogP) is 3.87. The van der Waals surface area contributed by atoms with Crippen LogP contribution in [0.15, 0.2) is 34.8 Å². The minimum atomic E-state index is -0.857. The molecule has 0 aromatic heterocycles. The molecule has 3 nitrogen and oxygen atoms in total. The standard InChI is InChI=1S/C14H11BrF2N2O/c1-7-2-3-8(12(18)4-7)14(20)19-13-5-9(15)10(16)6-11(13)17/h2-6H,18H2,1H3,(H,19,20). The number of hydrogen-bond acceptors (Lipinski definition) is 2. The lowest BCUT2D eigenvalue weighted by Gasteiger charge is -2.09. The molecule has 20 heavy (non-hydrogen) atoms. The molecule has 0 heterocycles. The predicted molar refractivity (Wildman–Crippen MR) is 77.6 cm³/mol. The zero-order valence-corrected chi connectivity index (χ0v) is 12.1. The van der Waals surface area contributed by atoms with Gasteiger partial charge in [-0.15, -0.1) is 0 Å². The minimum Gasteiger partial charge on any atom is -0.398 e. The molecule has 2 aromatic rings. The van der Waals surface area contributed by atoms with Crippen molar-refractivity contribution < 1.29 is 13.6 Å². The number of benzene rings is 2. The first-order valence-electron chi connectivity index (χ1n) is 5.70. The van der Waals surface area contributed by atoms with Gasteiger partial charge < -0.3 is 11.1 Å². The molecule has 2 aromatic carbocycles. The molecule has 0 aliphatic rings. The lowest BCUT2D eigenvalue weighted by molar-refractivity contribution is 0.102. The summed E-state index contributed by atoms with van der Waals surface area (Å²) < 4.78 is 26.7. The zero-order valence-electron chi connectivity index (χ0n) is 10.5. The lowest BCUT2D eigenvalue weighted by Crippen LogP contribution is -2.15. The molecule has 0 atom stereocenters. The third kappa shape index (κ3) is 2.96. The van der Waals surface area contributed by atoms with E-state index >= 15 is 0 Å². The number of amides is 1. The van der Waals surface area contributed by atoms with E-state index in [1.165, 1.54) is 0 Å². The molecular formula is C14H11BrF2N2O. The number of aryl methyl sites for hydroxylation is 1. The average molecular weight is 341 g/mol. The first-order chi connectivity index (χ1) is 9.38. The smallest absolute Gasteiger partial charge is 0.257 e. The monoisotopic (exact) mass is 340 g/mol. The highest BCUT2D eigenvalue weighted by molar-refractivity contribution is 9.10. The number of carbonyl (C=O) groups excluding carboxylic acids is 1. The Hall–Kier alpha value is -1.95. The van der Waals surface area contributed by atoms with Crippen LogP contribution in [-0.4, -0.2) is 5.91 Å². The first-order valence-corrected chi connectivity index (χ1v) is 6.50. The van der Waals surface area contributed by atoms with Crippen LogP contribution in [0.1, 0.15) is 15.9 Å². The Morgan fingerprint density at radius 1 is 1.20 bits per heavy atom. The maximum atomic E-state index is 13.6. The van der Waals surface area contributed by atoms with E-state index < -0.39 is 17.5 Å². The summed E-state index contributed by atoms with van der Waals surface area (Å²) in [7, 11) is 0. The van der Waals surface area contributed by atoms with Crippen LogP contribution < -0.4 is 11.1 Å². The van der Waals surface area contributed by atoms with E-state index in [0.29, 0.717) is 11.8 Å². The number of carbonyl (C=O) groups is 1. The molecule has 0 saturated heterocycles. The Kier molecular flexibility index (Phi) is 4.04. The largest absolute Gasteiger partial charge is 0.398 e. The lowest BCUT2D eigenvalue weighted by atomic mass is 10.1. The van der Waals surface area contributed by atoms with E-state index in [-0.39, 0.29) is 15.7 Å². The highest BCUT2D eigenvalue weighted by atomic mass is 79.9. The summed E-state index contributed by atoms with van der Waals surface area (Å²) in [4.78, 5) is 12.0. The summed E-state index contributed by atoms with van der Waals surface area (Å²) in [6.07, 6.45) is 0. The number of hydrogen-bond donors (Lipinski definition) is 2. The Morgan fingerprint density at radius 3 is 2.55 bits per heavy atom. The van der Waals surface area contributed by atoms with Gasteiger partial charge in [-0.3, -0.25) is 4.79 Å². The van der Waals surface area contributed by atoms with Gasteiger partial charge in [-0.2, -0.15) is 0 Å². The van der Waals surface area contributed by atoms with Gasteiger partial charge in [-0.1, -0.05) is 6.07 Å². The fourth-order valence-corrected chi connectivity index (χ4v) is 2.04. The summed E-state index contributed by atoms with van der Waals surface area (Å²) in [6, 6.07) is 6.77. The van der Waals surface area contributed by atoms with Gasteiger partial charge in [0, 0.05) is 11.8 Å². The number of nitrogens with one attached hydrogen (secondary N) is 1. The summed E-state index contributed by atoms with van der Waals surface area (Å²) >= 11 is 2.93. The fourth-order valence-electron chi connectivity index (χ4n) is 1.70. The summed E-state index contributed by atoms with van der Waals surface area (Å²) in [6.45, 7) is 1.84. The zero-order chi connectivity index (χ0) is 14.9. The Morgan fingerprint density at radius 2 is 1.90 bits per heavy atom. The Balaban J connectivity index is 2.30. The van der Waals surface area contributed by atoms with Crippen molar-refractivity contribution in [1.29, 1.82) is 0 Å². The van der Waals surface area contributed by atoms with E-state index in [2.05, 4.69) is 21.2 Å². The van der Waals surface area contributed by atoms with Crippen LogP contribution >= 0.6 is 15.9 Å². The summed E-state index contributed by atoms with van der Waals surface area (Å²) in [5.74, 6) is -2.15. The fraction of sp³-hybridized carbons (Fsp3) is 0.0714. The van der Waals surface area contributed by atoms with Gasteiger partial charge in [0.1, 0.15) is 11.6 Å². The summed E-state index contributed by atoms with van der Waals surface area (Å²) in [5.41, 5.74) is 7.06. The van der Waals surface area contributed by atoms with E-state index in [4.69, 9.17) is 5.73 Å². The van der Waals surface area contributed by atoms with Gasteiger partial charge >= 0.3 is 0 Å². The van der Waals surface area contributed by atoms with E-state index in [1.807, 2.05) is 6.92 Å². The van der Waals surface area contributed by atoms with Crippen molar-refractivity contribution in [2.45, 2.75) is 6.92 Å². The molecule has 0 unspecified atom stereocenters. The van der Waals surface area contributed by atoms with E-state index in [9.17, 15) is 13.6 Å². The number of nitrogens with two attached hydrogens (primary N) is 1. The van der Waals surface area contributed by atoms with Crippen LogP contribution in [0.5, 0.6) is 0 Å². The molecule has 0 fully saturated rings. The quantitative estimate of drug-likeness (QED) is 0.644. The minimum absolute atomic E-state index is 0.0612. The molecule has 0 aliphatic heterocycles. The van der Waals surface area contributed by atoms with Crippen molar-refractivity contribution in [1.82, 2.24) is 0 Å². The topological polar surface area (TPSA) is 55.1 Å². The molecule has 104 valence electrons. The highest BCUT2D eigenvalue weighted by Crippen LogP contribution is 2.24.